The molecule has 2 atom stereocenters. The summed E-state index contributed by atoms with van der Waals surface area (Å²) < 4.78 is 0. The van der Waals surface area contributed by atoms with Gasteiger partial charge in [-0.05, 0) is 40.1 Å². The number of amides is 2. The number of nitrogens with zero attached hydrogens (tertiary/aromatic N) is 2. The highest BCUT2D eigenvalue weighted by Gasteiger charge is 2.43. The van der Waals surface area contributed by atoms with E-state index in [1.54, 1.807) is 40.5 Å². The first-order valence-corrected chi connectivity index (χ1v) is 9.66. The molecular formula is C19H21N3O3S. The molecule has 3 heterocycles. The molecule has 2 N–H and O–H groups in total. The number of piperazine rings is 2. The Balaban J connectivity index is 1.42. The Morgan fingerprint density at radius 3 is 2.65 bits per heavy atom. The van der Waals surface area contributed by atoms with E-state index in [2.05, 4.69) is 27.0 Å². The summed E-state index contributed by atoms with van der Waals surface area (Å²) in [7, 11) is 0. The lowest BCUT2D eigenvalue weighted by Gasteiger charge is -2.45. The molecule has 7 heteroatoms. The molecule has 1 aromatic carbocycles. The van der Waals surface area contributed by atoms with Gasteiger partial charge in [-0.1, -0.05) is 12.1 Å². The van der Waals surface area contributed by atoms with Crippen LogP contribution in [0.15, 0.2) is 41.1 Å². The van der Waals surface area contributed by atoms with Crippen LogP contribution in [0.1, 0.15) is 11.1 Å². The van der Waals surface area contributed by atoms with Crippen LogP contribution in [0.4, 0.5) is 0 Å². The Morgan fingerprint density at radius 2 is 1.92 bits per heavy atom. The van der Waals surface area contributed by atoms with E-state index in [-0.39, 0.29) is 17.6 Å². The van der Waals surface area contributed by atoms with Crippen LogP contribution < -0.4 is 5.32 Å². The normalized spacial score (nSPS) is 23.6. The second-order valence-electron chi connectivity index (χ2n) is 6.85. The van der Waals surface area contributed by atoms with Crippen molar-refractivity contribution in [3.8, 4) is 5.75 Å². The zero-order valence-electron chi connectivity index (χ0n) is 14.3. The van der Waals surface area contributed by atoms with Crippen molar-refractivity contribution in [1.29, 1.82) is 0 Å². The van der Waals surface area contributed by atoms with E-state index in [0.717, 1.165) is 18.7 Å². The molecule has 136 valence electrons. The molecule has 4 rings (SSSR count). The molecule has 2 aliphatic rings. The van der Waals surface area contributed by atoms with Crippen molar-refractivity contribution < 1.29 is 14.7 Å². The topological polar surface area (TPSA) is 72.9 Å². The molecule has 1 aromatic heterocycles. The highest BCUT2D eigenvalue weighted by Crippen LogP contribution is 2.21. The van der Waals surface area contributed by atoms with Crippen molar-refractivity contribution in [1.82, 2.24) is 15.1 Å². The maximum atomic E-state index is 12.8. The first-order valence-electron chi connectivity index (χ1n) is 8.72. The molecule has 2 aliphatic heterocycles. The Hall–Kier alpha value is -2.38. The van der Waals surface area contributed by atoms with Gasteiger partial charge in [0.15, 0.2) is 0 Å². The van der Waals surface area contributed by atoms with Crippen LogP contribution in [0.5, 0.6) is 5.75 Å². The van der Waals surface area contributed by atoms with Gasteiger partial charge in [-0.3, -0.25) is 14.5 Å². The minimum absolute atomic E-state index is 0.0159. The molecule has 0 aliphatic carbocycles. The van der Waals surface area contributed by atoms with Gasteiger partial charge in [0.2, 0.25) is 11.8 Å². The summed E-state index contributed by atoms with van der Waals surface area (Å²) in [5.74, 6) is 0.0934. The maximum Gasteiger partial charge on any atom is 0.246 e. The number of phenolic OH excluding ortho intramolecular Hbond substituents is 1. The van der Waals surface area contributed by atoms with Crippen LogP contribution in [-0.4, -0.2) is 58.4 Å². The molecular weight excluding hydrogens is 350 g/mol. The van der Waals surface area contributed by atoms with Gasteiger partial charge >= 0.3 is 0 Å². The number of rotatable bonds is 4. The lowest BCUT2D eigenvalue weighted by molar-refractivity contribution is -0.153. The zero-order chi connectivity index (χ0) is 18.1. The lowest BCUT2D eigenvalue weighted by Crippen LogP contribution is -2.69. The first kappa shape index (κ1) is 17.1. The Morgan fingerprint density at radius 1 is 1.12 bits per heavy atom. The fourth-order valence-corrected chi connectivity index (χ4v) is 4.31. The van der Waals surface area contributed by atoms with Crippen molar-refractivity contribution in [3.63, 3.8) is 0 Å². The van der Waals surface area contributed by atoms with Crippen LogP contribution in [-0.2, 0) is 22.6 Å². The van der Waals surface area contributed by atoms with Gasteiger partial charge in [0.1, 0.15) is 17.8 Å². The van der Waals surface area contributed by atoms with Crippen molar-refractivity contribution in [2.75, 3.05) is 19.6 Å². The third-order valence-corrected chi connectivity index (χ3v) is 5.76. The van der Waals surface area contributed by atoms with Crippen molar-refractivity contribution >= 4 is 23.2 Å². The van der Waals surface area contributed by atoms with E-state index in [9.17, 15) is 14.7 Å². The number of hydrogen-bond donors (Lipinski definition) is 2. The Bertz CT molecular complexity index is 791. The van der Waals surface area contributed by atoms with Crippen LogP contribution in [0.25, 0.3) is 0 Å². The average molecular weight is 371 g/mol. The molecule has 0 spiro atoms. The quantitative estimate of drug-likeness (QED) is 0.847. The molecule has 2 amide bonds. The lowest BCUT2D eigenvalue weighted by atomic mass is 9.98. The number of nitrogens with one attached hydrogen (secondary N) is 1. The highest BCUT2D eigenvalue weighted by molar-refractivity contribution is 7.07. The van der Waals surface area contributed by atoms with E-state index >= 15 is 0 Å². The molecule has 0 unspecified atom stereocenters. The molecule has 0 radical (unpaired) electrons. The van der Waals surface area contributed by atoms with Gasteiger partial charge in [-0.25, -0.2) is 0 Å². The van der Waals surface area contributed by atoms with Gasteiger partial charge in [0, 0.05) is 32.6 Å². The number of benzene rings is 1. The summed E-state index contributed by atoms with van der Waals surface area (Å²) in [4.78, 5) is 29.4. The van der Waals surface area contributed by atoms with E-state index in [0.29, 0.717) is 19.5 Å². The standard InChI is InChI=1S/C19H21N3O3S/c23-15-3-1-13(2-4-15)9-16-19(25)22-7-6-21(10-14-5-8-26-12-14)11-17(22)18(24)20-16/h1-5,8,12,16-17,23H,6-7,9-11H2,(H,20,24)/t16-,17-/m1/s1. The number of hydrogen-bond acceptors (Lipinski definition) is 5. The molecule has 2 aromatic rings. The molecule has 0 saturated carbocycles. The smallest absolute Gasteiger partial charge is 0.246 e. The molecule has 2 saturated heterocycles. The SMILES string of the molecule is O=C1N[C@H](Cc2ccc(O)cc2)C(=O)N2CCN(Cc3ccsc3)C[C@H]12. The third-order valence-electron chi connectivity index (χ3n) is 5.03. The Kier molecular flexibility index (Phi) is 4.65. The van der Waals surface area contributed by atoms with Crippen LogP contribution in [0.2, 0.25) is 0 Å². The number of carbonyl (C=O) groups is 2. The minimum atomic E-state index is -0.535. The average Bonchev–Trinajstić information content (AvgIpc) is 3.14. The minimum Gasteiger partial charge on any atom is -0.508 e. The fraction of sp³-hybridized carbons (Fsp3) is 0.368. The molecule has 26 heavy (non-hydrogen) atoms. The summed E-state index contributed by atoms with van der Waals surface area (Å²) >= 11 is 1.67. The number of phenols is 1. The van der Waals surface area contributed by atoms with Gasteiger partial charge in [0.25, 0.3) is 0 Å². The van der Waals surface area contributed by atoms with Crippen molar-refractivity contribution in [2.24, 2.45) is 0 Å². The second kappa shape index (κ2) is 7.09. The number of fused-ring (bicyclic) bond motifs is 1. The summed E-state index contributed by atoms with van der Waals surface area (Å²) in [5.41, 5.74) is 2.16. The highest BCUT2D eigenvalue weighted by atomic mass is 32.1. The van der Waals surface area contributed by atoms with Gasteiger partial charge in [-0.2, -0.15) is 11.3 Å². The van der Waals surface area contributed by atoms with E-state index in [1.165, 1.54) is 5.56 Å². The summed E-state index contributed by atoms with van der Waals surface area (Å²) in [6, 6.07) is 7.89. The van der Waals surface area contributed by atoms with Gasteiger partial charge < -0.3 is 15.3 Å². The van der Waals surface area contributed by atoms with Crippen LogP contribution in [0.3, 0.4) is 0 Å². The van der Waals surface area contributed by atoms with Gasteiger partial charge in [0.05, 0.1) is 0 Å². The van der Waals surface area contributed by atoms with E-state index in [4.69, 9.17) is 0 Å². The van der Waals surface area contributed by atoms with Crippen LogP contribution >= 0.6 is 11.3 Å². The molecule has 6 nitrogen and oxygen atoms in total. The summed E-state index contributed by atoms with van der Waals surface area (Å²) in [5, 5.41) is 16.4. The van der Waals surface area contributed by atoms with E-state index in [1.807, 2.05) is 0 Å². The molecule has 2 fully saturated rings. The largest absolute Gasteiger partial charge is 0.508 e. The Labute approximate surface area is 156 Å². The molecule has 0 bridgehead atoms. The van der Waals surface area contributed by atoms with Crippen LogP contribution in [0, 0.1) is 0 Å². The number of thiophene rings is 1. The van der Waals surface area contributed by atoms with Gasteiger partial charge in [-0.15, -0.1) is 0 Å². The maximum absolute atomic E-state index is 12.8. The van der Waals surface area contributed by atoms with E-state index < -0.39 is 12.1 Å². The second-order valence-corrected chi connectivity index (χ2v) is 7.63. The van der Waals surface area contributed by atoms with Crippen molar-refractivity contribution in [3.05, 3.63) is 52.2 Å². The predicted molar refractivity (Wildman–Crippen MR) is 98.8 cm³/mol. The third kappa shape index (κ3) is 3.45. The summed E-state index contributed by atoms with van der Waals surface area (Å²) in [6.45, 7) is 2.73. The first-order chi connectivity index (χ1) is 12.6. The van der Waals surface area contributed by atoms with Crippen molar-refractivity contribution in [2.45, 2.75) is 25.0 Å². The fourth-order valence-electron chi connectivity index (χ4n) is 3.65. The monoisotopic (exact) mass is 371 g/mol. The number of carbonyl (C=O) groups excluding carboxylic acids is 2. The zero-order valence-corrected chi connectivity index (χ0v) is 15.1. The number of aromatic hydroxyl groups is 1. The predicted octanol–water partition coefficient (Wildman–Crippen LogP) is 1.21. The summed E-state index contributed by atoms with van der Waals surface area (Å²) in [6.07, 6.45) is 0.437.